The van der Waals surface area contributed by atoms with Crippen molar-refractivity contribution in [2.45, 2.75) is 62.9 Å². The lowest BCUT2D eigenvalue weighted by molar-refractivity contribution is -0.298. The van der Waals surface area contributed by atoms with E-state index in [1.54, 1.807) is 18.9 Å². The number of halogens is 3. The SMILES string of the molecule is COC(c1ccccc1)N1C[C@@H]2C[C@H]3[C@@H]4C[C@H](F)C5=CC(=O)C=C[C@]5(C)[C@@]4(F)[C@@H](O)C[C@]3(C)[C@]2(C(=O)SCF)O1. The molecule has 216 valence electrons. The van der Waals surface area contributed by atoms with Crippen molar-refractivity contribution in [3.63, 3.8) is 0 Å². The molecule has 1 heterocycles. The number of ketones is 1. The third-order valence-corrected chi connectivity index (χ3v) is 11.4. The van der Waals surface area contributed by atoms with Gasteiger partial charge >= 0.3 is 0 Å². The minimum atomic E-state index is -2.27. The maximum absolute atomic E-state index is 17.5. The van der Waals surface area contributed by atoms with Crippen molar-refractivity contribution in [3.05, 3.63) is 59.7 Å². The first-order chi connectivity index (χ1) is 19.0. The maximum atomic E-state index is 17.5. The van der Waals surface area contributed by atoms with Gasteiger partial charge in [0.2, 0.25) is 5.12 Å². The van der Waals surface area contributed by atoms with Gasteiger partial charge in [-0.3, -0.25) is 14.4 Å². The molecule has 5 aliphatic rings. The fraction of sp³-hybridized carbons (Fsp3) is 0.600. The number of aliphatic hydroxyl groups excluding tert-OH is 1. The minimum absolute atomic E-state index is 0.0478. The summed E-state index contributed by atoms with van der Waals surface area (Å²) in [5.41, 5.74) is -5.62. The number of hydroxylamine groups is 2. The number of methoxy groups -OCH3 is 1. The van der Waals surface area contributed by atoms with E-state index in [1.165, 1.54) is 19.3 Å². The van der Waals surface area contributed by atoms with Crippen LogP contribution in [0.15, 0.2) is 54.1 Å². The summed E-state index contributed by atoms with van der Waals surface area (Å²) in [7, 11) is 1.53. The molecular weight excluding hydrogens is 543 g/mol. The molecule has 6 rings (SSSR count). The molecule has 0 spiro atoms. The van der Waals surface area contributed by atoms with E-state index in [1.807, 2.05) is 30.3 Å². The smallest absolute Gasteiger partial charge is 0.226 e. The standard InChI is InChI=1S/C30H34F3NO5S/c1-27-10-9-19(35)12-22(27)23(32)13-21-20-11-18-15-34(25(38-3)17-7-5-4-6-8-17)39-30(18,26(37)40-16-31)28(20,2)14-24(36)29(21,27)33/h4-10,12,18,20-21,23-25,36H,11,13-16H2,1-3H3/t18-,20-,21-,23-,24-,25?,27-,28-,29-,30-/m0/s1. The molecule has 1 aliphatic heterocycles. The van der Waals surface area contributed by atoms with Gasteiger partial charge < -0.3 is 9.84 Å². The molecule has 0 radical (unpaired) electrons. The van der Waals surface area contributed by atoms with Gasteiger partial charge in [-0.15, -0.1) is 0 Å². The summed E-state index contributed by atoms with van der Waals surface area (Å²) >= 11 is 0.510. The van der Waals surface area contributed by atoms with Crippen LogP contribution in [0, 0.1) is 28.6 Å². The van der Waals surface area contributed by atoms with Crippen molar-refractivity contribution in [3.8, 4) is 0 Å². The Kier molecular flexibility index (Phi) is 6.70. The van der Waals surface area contributed by atoms with Crippen molar-refractivity contribution < 1.29 is 37.4 Å². The van der Waals surface area contributed by atoms with Crippen molar-refractivity contribution in [1.82, 2.24) is 5.06 Å². The zero-order valence-corrected chi connectivity index (χ0v) is 23.5. The minimum Gasteiger partial charge on any atom is -0.390 e. The predicted octanol–water partition coefficient (Wildman–Crippen LogP) is 5.05. The van der Waals surface area contributed by atoms with E-state index in [-0.39, 0.29) is 25.0 Å². The zero-order chi connectivity index (χ0) is 28.7. The van der Waals surface area contributed by atoms with Crippen molar-refractivity contribution >= 4 is 22.7 Å². The molecule has 10 heteroatoms. The molecule has 4 fully saturated rings. The first kappa shape index (κ1) is 28.2. The number of carbonyl (C=O) groups is 2. The lowest BCUT2D eigenvalue weighted by Crippen LogP contribution is -2.70. The van der Waals surface area contributed by atoms with Crippen LogP contribution in [0.3, 0.4) is 0 Å². The first-order valence-electron chi connectivity index (χ1n) is 13.7. The van der Waals surface area contributed by atoms with E-state index in [0.29, 0.717) is 18.2 Å². The highest BCUT2D eigenvalue weighted by Crippen LogP contribution is 2.73. The van der Waals surface area contributed by atoms with E-state index in [9.17, 15) is 19.1 Å². The normalized spacial score (nSPS) is 44.8. The van der Waals surface area contributed by atoms with Crippen LogP contribution in [0.5, 0.6) is 0 Å². The van der Waals surface area contributed by atoms with Gasteiger partial charge in [0.05, 0.1) is 6.10 Å². The molecule has 10 atom stereocenters. The highest BCUT2D eigenvalue weighted by Gasteiger charge is 2.80. The number of ether oxygens (including phenoxy) is 1. The topological polar surface area (TPSA) is 76.1 Å². The zero-order valence-electron chi connectivity index (χ0n) is 22.7. The van der Waals surface area contributed by atoms with Gasteiger partial charge in [-0.1, -0.05) is 55.1 Å². The Morgan fingerprint density at radius 3 is 2.65 bits per heavy atom. The molecule has 1 saturated heterocycles. The molecule has 1 unspecified atom stereocenters. The van der Waals surface area contributed by atoms with Crippen LogP contribution in [0.2, 0.25) is 0 Å². The van der Waals surface area contributed by atoms with Crippen LogP contribution < -0.4 is 0 Å². The van der Waals surface area contributed by atoms with E-state index >= 15 is 8.78 Å². The second-order valence-electron chi connectivity index (χ2n) is 12.3. The third-order valence-electron chi connectivity index (χ3n) is 10.7. The number of allylic oxidation sites excluding steroid dienone is 4. The average molecular weight is 578 g/mol. The Bertz CT molecular complexity index is 1280. The third kappa shape index (κ3) is 3.46. The first-order valence-corrected chi connectivity index (χ1v) is 14.7. The molecular formula is C30H34F3NO5S. The molecule has 1 aromatic carbocycles. The van der Waals surface area contributed by atoms with Gasteiger partial charge in [-0.05, 0) is 55.4 Å². The van der Waals surface area contributed by atoms with E-state index in [2.05, 4.69) is 0 Å². The Morgan fingerprint density at radius 1 is 1.25 bits per heavy atom. The second kappa shape index (κ2) is 9.52. The summed E-state index contributed by atoms with van der Waals surface area (Å²) < 4.78 is 52.7. The molecule has 6 nitrogen and oxygen atoms in total. The van der Waals surface area contributed by atoms with E-state index in [0.717, 1.165) is 11.6 Å². The predicted molar refractivity (Wildman–Crippen MR) is 143 cm³/mol. The molecule has 0 bridgehead atoms. The molecule has 4 aliphatic carbocycles. The van der Waals surface area contributed by atoms with Crippen molar-refractivity contribution in [2.75, 3.05) is 19.7 Å². The van der Waals surface area contributed by atoms with Gasteiger partial charge in [0.15, 0.2) is 23.3 Å². The number of fused-ring (bicyclic) bond motifs is 7. The number of thioether (sulfide) groups is 1. The monoisotopic (exact) mass is 577 g/mol. The van der Waals surface area contributed by atoms with Crippen LogP contribution in [0.25, 0.3) is 0 Å². The van der Waals surface area contributed by atoms with Crippen LogP contribution in [-0.2, 0) is 19.2 Å². The number of nitrogens with zero attached hydrogens (tertiary/aromatic N) is 1. The fourth-order valence-corrected chi connectivity index (χ4v) is 9.70. The number of rotatable bonds is 5. The lowest BCUT2D eigenvalue weighted by atomic mass is 9.44. The van der Waals surface area contributed by atoms with Gasteiger partial charge in [0, 0.05) is 36.3 Å². The van der Waals surface area contributed by atoms with Gasteiger partial charge in [-0.25, -0.2) is 13.2 Å². The quantitative estimate of drug-likeness (QED) is 0.525. The number of aliphatic hydroxyl groups is 1. The number of benzene rings is 1. The summed E-state index contributed by atoms with van der Waals surface area (Å²) in [6.07, 6.45) is -0.0483. The highest BCUT2D eigenvalue weighted by molar-refractivity contribution is 8.13. The number of alkyl halides is 3. The van der Waals surface area contributed by atoms with Crippen LogP contribution in [0.4, 0.5) is 13.2 Å². The Hall–Kier alpha value is -1.98. The summed E-state index contributed by atoms with van der Waals surface area (Å²) in [5, 5.41) is 12.7. The fourth-order valence-electron chi connectivity index (χ4n) is 8.95. The van der Waals surface area contributed by atoms with E-state index < -0.39 is 75.3 Å². The second-order valence-corrected chi connectivity index (χ2v) is 13.1. The summed E-state index contributed by atoms with van der Waals surface area (Å²) in [4.78, 5) is 32.5. The van der Waals surface area contributed by atoms with Crippen LogP contribution >= 0.6 is 11.8 Å². The Balaban J connectivity index is 1.43. The summed E-state index contributed by atoms with van der Waals surface area (Å²) in [6.45, 7) is 3.60. The lowest BCUT2D eigenvalue weighted by Gasteiger charge is -2.63. The van der Waals surface area contributed by atoms with Gasteiger partial charge in [0.1, 0.15) is 12.2 Å². The van der Waals surface area contributed by atoms with Crippen LogP contribution in [-0.4, -0.2) is 64.3 Å². The number of hydrogen-bond donors (Lipinski definition) is 1. The molecule has 1 N–H and O–H groups in total. The van der Waals surface area contributed by atoms with Crippen LogP contribution in [0.1, 0.15) is 44.9 Å². The molecule has 3 saturated carbocycles. The Labute approximate surface area is 235 Å². The Morgan fingerprint density at radius 2 is 1.98 bits per heavy atom. The number of hydrogen-bond acceptors (Lipinski definition) is 7. The largest absolute Gasteiger partial charge is 0.390 e. The summed E-state index contributed by atoms with van der Waals surface area (Å²) in [5.74, 6) is -2.35. The average Bonchev–Trinajstić information content (AvgIpc) is 3.41. The molecule has 40 heavy (non-hydrogen) atoms. The van der Waals surface area contributed by atoms with Crippen molar-refractivity contribution in [1.29, 1.82) is 0 Å². The summed E-state index contributed by atoms with van der Waals surface area (Å²) in [6, 6.07) is 8.39. The van der Waals surface area contributed by atoms with Crippen molar-refractivity contribution in [2.24, 2.45) is 28.6 Å². The molecule has 0 amide bonds. The number of carbonyl (C=O) groups excluding carboxylic acids is 2. The molecule has 1 aromatic rings. The maximum Gasteiger partial charge on any atom is 0.226 e. The van der Waals surface area contributed by atoms with Gasteiger partial charge in [-0.2, -0.15) is 5.06 Å². The molecule has 0 aromatic heterocycles. The highest BCUT2D eigenvalue weighted by atomic mass is 32.2. The van der Waals surface area contributed by atoms with Gasteiger partial charge in [0.25, 0.3) is 0 Å². The van der Waals surface area contributed by atoms with E-state index in [4.69, 9.17) is 9.57 Å².